The molecule has 0 heterocycles. The molecule has 198 valence electrons. The van der Waals surface area contributed by atoms with E-state index in [0.717, 1.165) is 11.6 Å². The van der Waals surface area contributed by atoms with Gasteiger partial charge in [0.1, 0.15) is 11.5 Å². The normalized spacial score (nSPS) is 10.3. The Bertz CT molecular complexity index is 1290. The maximum Gasteiger partial charge on any atom is 0.343 e. The quantitative estimate of drug-likeness (QED) is 0.132. The van der Waals surface area contributed by atoms with E-state index >= 15 is 0 Å². The molecule has 0 saturated heterocycles. The van der Waals surface area contributed by atoms with Crippen molar-refractivity contribution >= 4 is 17.9 Å². The lowest BCUT2D eigenvalue weighted by atomic mass is 10.1. The molecule has 0 bridgehead atoms. The highest BCUT2D eigenvalue weighted by atomic mass is 16.5. The lowest BCUT2D eigenvalue weighted by Crippen LogP contribution is -2.12. The highest BCUT2D eigenvalue weighted by Gasteiger charge is 2.16. The second-order valence-corrected chi connectivity index (χ2v) is 8.37. The fourth-order valence-corrected chi connectivity index (χ4v) is 3.35. The van der Waals surface area contributed by atoms with Gasteiger partial charge in [0.2, 0.25) is 0 Å². The number of ether oxygens (including phenoxy) is 5. The Morgan fingerprint density at radius 1 is 0.763 bits per heavy atom. The van der Waals surface area contributed by atoms with Gasteiger partial charge >= 0.3 is 17.9 Å². The number of esters is 3. The summed E-state index contributed by atoms with van der Waals surface area (Å²) < 4.78 is 27.0. The Morgan fingerprint density at radius 2 is 1.39 bits per heavy atom. The van der Waals surface area contributed by atoms with Crippen LogP contribution in [0.5, 0.6) is 23.0 Å². The molecule has 0 unspecified atom stereocenters. The van der Waals surface area contributed by atoms with Gasteiger partial charge in [0.25, 0.3) is 0 Å². The van der Waals surface area contributed by atoms with E-state index in [4.69, 9.17) is 23.7 Å². The molecule has 0 spiro atoms. The topological polar surface area (TPSA) is 97.4 Å². The van der Waals surface area contributed by atoms with Gasteiger partial charge in [0.05, 0.1) is 31.5 Å². The fraction of sp³-hybridized carbons (Fsp3) is 0.233. The van der Waals surface area contributed by atoms with E-state index in [-0.39, 0.29) is 12.2 Å². The zero-order chi connectivity index (χ0) is 27.5. The van der Waals surface area contributed by atoms with Gasteiger partial charge in [-0.1, -0.05) is 24.3 Å². The minimum Gasteiger partial charge on any atom is -0.493 e. The molecule has 0 fully saturated rings. The Labute approximate surface area is 221 Å². The van der Waals surface area contributed by atoms with Crippen molar-refractivity contribution in [2.45, 2.75) is 26.7 Å². The summed E-state index contributed by atoms with van der Waals surface area (Å²) in [5.74, 6) is 0.0671. The van der Waals surface area contributed by atoms with Crippen LogP contribution in [0, 0.1) is 13.8 Å². The summed E-state index contributed by atoms with van der Waals surface area (Å²) >= 11 is 0. The molecule has 0 N–H and O–H groups in total. The van der Waals surface area contributed by atoms with Gasteiger partial charge in [-0.25, -0.2) is 14.4 Å². The molecule has 8 nitrogen and oxygen atoms in total. The lowest BCUT2D eigenvalue weighted by molar-refractivity contribution is -0.137. The third kappa shape index (κ3) is 7.96. The molecule has 3 aromatic carbocycles. The lowest BCUT2D eigenvalue weighted by Gasteiger charge is -2.13. The van der Waals surface area contributed by atoms with Crippen LogP contribution in [0.25, 0.3) is 0 Å². The van der Waals surface area contributed by atoms with E-state index in [1.807, 2.05) is 19.1 Å². The summed E-state index contributed by atoms with van der Waals surface area (Å²) in [6.07, 6.45) is 2.41. The maximum absolute atomic E-state index is 12.8. The number of aryl methyl sites for hydroxylation is 2. The first-order chi connectivity index (χ1) is 18.3. The molecular formula is C30H30O8. The average molecular weight is 519 g/mol. The number of hydrogen-bond acceptors (Lipinski definition) is 8. The van der Waals surface area contributed by atoms with Crippen LogP contribution in [0.3, 0.4) is 0 Å². The van der Waals surface area contributed by atoms with E-state index in [1.165, 1.54) is 13.2 Å². The van der Waals surface area contributed by atoms with Crippen LogP contribution in [0.1, 0.15) is 44.7 Å². The third-order valence-corrected chi connectivity index (χ3v) is 5.45. The van der Waals surface area contributed by atoms with Crippen LogP contribution in [0.2, 0.25) is 0 Å². The van der Waals surface area contributed by atoms with Crippen LogP contribution in [0.4, 0.5) is 0 Å². The zero-order valence-electron chi connectivity index (χ0n) is 21.7. The van der Waals surface area contributed by atoms with Gasteiger partial charge in [-0.15, -0.1) is 0 Å². The number of carbonyl (C=O) groups excluding carboxylic acids is 3. The second-order valence-electron chi connectivity index (χ2n) is 8.37. The van der Waals surface area contributed by atoms with Gasteiger partial charge in [-0.2, -0.15) is 0 Å². The van der Waals surface area contributed by atoms with Crippen molar-refractivity contribution in [2.75, 3.05) is 20.3 Å². The van der Waals surface area contributed by atoms with E-state index in [1.54, 1.807) is 49.4 Å². The largest absolute Gasteiger partial charge is 0.493 e. The second kappa shape index (κ2) is 13.6. The Morgan fingerprint density at radius 3 is 2.05 bits per heavy atom. The summed E-state index contributed by atoms with van der Waals surface area (Å²) in [5.41, 5.74) is 2.27. The van der Waals surface area contributed by atoms with E-state index in [2.05, 4.69) is 6.58 Å². The molecule has 0 aliphatic heterocycles. The van der Waals surface area contributed by atoms with Crippen LogP contribution in [0.15, 0.2) is 73.3 Å². The molecule has 0 aromatic heterocycles. The summed E-state index contributed by atoms with van der Waals surface area (Å²) in [6, 6.07) is 16.6. The van der Waals surface area contributed by atoms with Crippen molar-refractivity contribution in [1.29, 1.82) is 0 Å². The Kier molecular flexibility index (Phi) is 10.0. The van der Waals surface area contributed by atoms with Gasteiger partial charge in [0.15, 0.2) is 11.5 Å². The molecule has 38 heavy (non-hydrogen) atoms. The van der Waals surface area contributed by atoms with Crippen molar-refractivity contribution < 1.29 is 38.1 Å². The molecular weight excluding hydrogens is 488 g/mol. The molecule has 3 rings (SSSR count). The molecule has 3 aromatic rings. The minimum absolute atomic E-state index is 0.271. The summed E-state index contributed by atoms with van der Waals surface area (Å²) in [7, 11) is 1.48. The predicted octanol–water partition coefficient (Wildman–Crippen LogP) is 5.64. The predicted molar refractivity (Wildman–Crippen MR) is 141 cm³/mol. The smallest absolute Gasteiger partial charge is 0.343 e. The maximum atomic E-state index is 12.8. The average Bonchev–Trinajstić information content (AvgIpc) is 2.92. The molecule has 0 radical (unpaired) electrons. The Balaban J connectivity index is 1.57. The zero-order valence-corrected chi connectivity index (χ0v) is 21.7. The Hall–Kier alpha value is -4.59. The summed E-state index contributed by atoms with van der Waals surface area (Å²) in [6.45, 7) is 7.69. The molecule has 0 aliphatic carbocycles. The number of unbranched alkanes of at least 4 members (excludes halogenated alkanes) is 1. The first-order valence-corrected chi connectivity index (χ1v) is 12.0. The van der Waals surface area contributed by atoms with Gasteiger partial charge in [-0.05, 0) is 80.8 Å². The van der Waals surface area contributed by atoms with E-state index < -0.39 is 17.9 Å². The number of carbonyl (C=O) groups is 3. The van der Waals surface area contributed by atoms with E-state index in [0.29, 0.717) is 53.6 Å². The molecule has 0 amide bonds. The minimum atomic E-state index is -0.586. The number of hydrogen-bond donors (Lipinski definition) is 0. The van der Waals surface area contributed by atoms with Gasteiger partial charge in [0, 0.05) is 6.08 Å². The van der Waals surface area contributed by atoms with Crippen molar-refractivity contribution in [1.82, 2.24) is 0 Å². The molecule has 0 atom stereocenters. The first-order valence-electron chi connectivity index (χ1n) is 12.0. The van der Waals surface area contributed by atoms with Crippen molar-refractivity contribution in [3.63, 3.8) is 0 Å². The number of methoxy groups -OCH3 is 1. The SMILES string of the molecule is C=CC(=O)OCCCCOc1ccc(C(=O)Oc2ccc(C(=O)Oc3ccc(C)cc3)cc2C)cc1OC. The van der Waals surface area contributed by atoms with Crippen molar-refractivity contribution in [3.8, 4) is 23.0 Å². The highest BCUT2D eigenvalue weighted by Crippen LogP contribution is 2.29. The molecule has 0 aliphatic rings. The fourth-order valence-electron chi connectivity index (χ4n) is 3.35. The van der Waals surface area contributed by atoms with Crippen LogP contribution in [-0.4, -0.2) is 38.2 Å². The summed E-state index contributed by atoms with van der Waals surface area (Å²) in [4.78, 5) is 36.3. The van der Waals surface area contributed by atoms with Crippen molar-refractivity contribution in [2.24, 2.45) is 0 Å². The molecule has 8 heteroatoms. The van der Waals surface area contributed by atoms with Crippen LogP contribution >= 0.6 is 0 Å². The number of benzene rings is 3. The number of rotatable bonds is 12. The van der Waals surface area contributed by atoms with Gasteiger partial charge in [-0.3, -0.25) is 0 Å². The first kappa shape index (κ1) is 28.0. The highest BCUT2D eigenvalue weighted by molar-refractivity contribution is 5.93. The summed E-state index contributed by atoms with van der Waals surface area (Å²) in [5, 5.41) is 0. The molecule has 0 saturated carbocycles. The third-order valence-electron chi connectivity index (χ3n) is 5.45. The van der Waals surface area contributed by atoms with Crippen LogP contribution < -0.4 is 18.9 Å². The monoisotopic (exact) mass is 518 g/mol. The standard InChI is InChI=1S/C30H30O8/c1-5-28(31)36-17-7-6-16-35-26-15-11-23(19-27(26)34-4)30(33)38-25-14-10-22(18-21(25)3)29(32)37-24-12-8-20(2)9-13-24/h5,8-15,18-19H,1,6-7,16-17H2,2-4H3. The van der Waals surface area contributed by atoms with Gasteiger partial charge < -0.3 is 23.7 Å². The van der Waals surface area contributed by atoms with Crippen molar-refractivity contribution in [3.05, 3.63) is 95.6 Å². The van der Waals surface area contributed by atoms with E-state index in [9.17, 15) is 14.4 Å². The van der Waals surface area contributed by atoms with Crippen LogP contribution in [-0.2, 0) is 9.53 Å².